The van der Waals surface area contributed by atoms with Crippen LogP contribution in [0.25, 0.3) is 10.8 Å². The Hall–Kier alpha value is -1.13. The summed E-state index contributed by atoms with van der Waals surface area (Å²) in [5.41, 5.74) is 0. The van der Waals surface area contributed by atoms with Crippen LogP contribution < -0.4 is 10.6 Å². The lowest BCUT2D eigenvalue weighted by molar-refractivity contribution is 0.658. The van der Waals surface area contributed by atoms with Crippen LogP contribution in [0.4, 0.5) is 5.82 Å². The molecule has 0 radical (unpaired) electrons. The summed E-state index contributed by atoms with van der Waals surface area (Å²) in [6, 6.07) is 9.06. The first-order chi connectivity index (χ1) is 9.34. The summed E-state index contributed by atoms with van der Waals surface area (Å²) in [5.74, 6) is 0.977. The first kappa shape index (κ1) is 12.9. The second-order valence-electron chi connectivity index (χ2n) is 5.00. The zero-order chi connectivity index (χ0) is 13.1. The van der Waals surface area contributed by atoms with Crippen molar-refractivity contribution in [2.45, 2.75) is 25.3 Å². The minimum absolute atomic E-state index is 0.798. The van der Waals surface area contributed by atoms with E-state index in [1.165, 1.54) is 23.6 Å². The van der Waals surface area contributed by atoms with Gasteiger partial charge in [0.05, 0.1) is 0 Å². The highest BCUT2D eigenvalue weighted by atomic mass is 79.9. The summed E-state index contributed by atoms with van der Waals surface area (Å²) < 4.78 is 1.12. The molecule has 1 fully saturated rings. The topological polar surface area (TPSA) is 37.0 Å². The number of hydrogen-bond donors (Lipinski definition) is 2. The summed E-state index contributed by atoms with van der Waals surface area (Å²) >= 11 is 3.58. The lowest BCUT2D eigenvalue weighted by Gasteiger charge is -2.09. The number of nitrogens with zero attached hydrogens (tertiary/aromatic N) is 1. The Kier molecular flexibility index (Phi) is 3.99. The fourth-order valence-corrected chi connectivity index (χ4v) is 2.70. The highest BCUT2D eigenvalue weighted by Gasteiger charge is 2.19. The fraction of sp³-hybridized carbons (Fsp3) is 0.400. The van der Waals surface area contributed by atoms with Crippen LogP contribution in [0.1, 0.15) is 19.3 Å². The molecule has 19 heavy (non-hydrogen) atoms. The Morgan fingerprint density at radius 1 is 1.16 bits per heavy atom. The van der Waals surface area contributed by atoms with E-state index in [-0.39, 0.29) is 0 Å². The molecule has 1 aromatic heterocycles. The first-order valence-electron chi connectivity index (χ1n) is 6.85. The molecular weight excluding hydrogens is 302 g/mol. The molecule has 0 unspecified atom stereocenters. The Bertz CT molecular complexity index is 566. The Morgan fingerprint density at radius 3 is 2.89 bits per heavy atom. The number of fused-ring (bicyclic) bond motifs is 1. The van der Waals surface area contributed by atoms with Gasteiger partial charge in [-0.05, 0) is 37.9 Å². The number of nitrogens with one attached hydrogen (secondary N) is 2. The number of aromatic nitrogens is 1. The van der Waals surface area contributed by atoms with Gasteiger partial charge in [0.2, 0.25) is 0 Å². The molecule has 0 aliphatic heterocycles. The minimum Gasteiger partial charge on any atom is -0.370 e. The van der Waals surface area contributed by atoms with Gasteiger partial charge in [-0.1, -0.05) is 28.1 Å². The van der Waals surface area contributed by atoms with E-state index in [1.54, 1.807) is 0 Å². The molecule has 0 atom stereocenters. The zero-order valence-electron chi connectivity index (χ0n) is 10.8. The van der Waals surface area contributed by atoms with E-state index in [2.05, 4.69) is 43.7 Å². The Morgan fingerprint density at radius 2 is 2.05 bits per heavy atom. The second kappa shape index (κ2) is 5.88. The molecule has 0 bridgehead atoms. The molecule has 3 rings (SSSR count). The molecule has 0 spiro atoms. The van der Waals surface area contributed by atoms with Crippen molar-refractivity contribution in [3.8, 4) is 0 Å². The van der Waals surface area contributed by atoms with Crippen molar-refractivity contribution in [3.63, 3.8) is 0 Å². The summed E-state index contributed by atoms with van der Waals surface area (Å²) in [4.78, 5) is 4.44. The van der Waals surface area contributed by atoms with Crippen molar-refractivity contribution >= 4 is 32.5 Å². The van der Waals surface area contributed by atoms with Gasteiger partial charge in [0.1, 0.15) is 5.82 Å². The number of rotatable bonds is 6. The molecule has 1 saturated carbocycles. The van der Waals surface area contributed by atoms with Crippen LogP contribution in [0.2, 0.25) is 0 Å². The number of anilines is 1. The second-order valence-corrected chi connectivity index (χ2v) is 5.86. The van der Waals surface area contributed by atoms with E-state index in [1.807, 2.05) is 18.3 Å². The molecule has 4 heteroatoms. The van der Waals surface area contributed by atoms with Crippen LogP contribution >= 0.6 is 15.9 Å². The third-order valence-electron chi connectivity index (χ3n) is 3.41. The van der Waals surface area contributed by atoms with Crippen molar-refractivity contribution in [1.82, 2.24) is 10.3 Å². The van der Waals surface area contributed by atoms with Crippen molar-refractivity contribution in [2.24, 2.45) is 0 Å². The summed E-state index contributed by atoms with van der Waals surface area (Å²) in [5, 5.41) is 9.34. The largest absolute Gasteiger partial charge is 0.370 e. The standard InChI is InChI=1S/C15H18BrN3/c16-14-4-1-3-13-12(14)7-10-19-15(13)18-9-2-8-17-11-5-6-11/h1,3-4,7,10-11,17H,2,5-6,8-9H2,(H,18,19). The SMILES string of the molecule is Brc1cccc2c(NCCCNC3CC3)nccc12. The molecule has 1 heterocycles. The van der Waals surface area contributed by atoms with Crippen LogP contribution in [-0.2, 0) is 0 Å². The maximum Gasteiger partial charge on any atom is 0.133 e. The van der Waals surface area contributed by atoms with Gasteiger partial charge in [-0.2, -0.15) is 0 Å². The molecule has 1 aliphatic carbocycles. The quantitative estimate of drug-likeness (QED) is 0.799. The average Bonchev–Trinajstić information content (AvgIpc) is 3.23. The van der Waals surface area contributed by atoms with Crippen molar-refractivity contribution in [3.05, 3.63) is 34.9 Å². The van der Waals surface area contributed by atoms with E-state index in [9.17, 15) is 0 Å². The van der Waals surface area contributed by atoms with Gasteiger partial charge >= 0.3 is 0 Å². The van der Waals surface area contributed by atoms with Crippen LogP contribution in [-0.4, -0.2) is 24.1 Å². The summed E-state index contributed by atoms with van der Waals surface area (Å²) in [7, 11) is 0. The van der Waals surface area contributed by atoms with E-state index < -0.39 is 0 Å². The van der Waals surface area contributed by atoms with Gasteiger partial charge in [0.15, 0.2) is 0 Å². The maximum atomic E-state index is 4.44. The number of pyridine rings is 1. The van der Waals surface area contributed by atoms with Gasteiger partial charge in [-0.3, -0.25) is 0 Å². The third-order valence-corrected chi connectivity index (χ3v) is 4.10. The normalized spacial score (nSPS) is 14.8. The predicted molar refractivity (Wildman–Crippen MR) is 83.6 cm³/mol. The Labute approximate surface area is 121 Å². The predicted octanol–water partition coefficient (Wildman–Crippen LogP) is 3.55. The van der Waals surface area contributed by atoms with Crippen LogP contribution in [0, 0.1) is 0 Å². The third kappa shape index (κ3) is 3.25. The maximum absolute atomic E-state index is 4.44. The lowest BCUT2D eigenvalue weighted by atomic mass is 10.1. The van der Waals surface area contributed by atoms with E-state index in [0.717, 1.165) is 35.8 Å². The minimum atomic E-state index is 0.798. The first-order valence-corrected chi connectivity index (χ1v) is 7.64. The van der Waals surface area contributed by atoms with Crippen molar-refractivity contribution < 1.29 is 0 Å². The van der Waals surface area contributed by atoms with E-state index in [0.29, 0.717) is 0 Å². The van der Waals surface area contributed by atoms with Gasteiger partial charge in [0, 0.05) is 34.0 Å². The number of halogens is 1. The van der Waals surface area contributed by atoms with Gasteiger partial charge < -0.3 is 10.6 Å². The molecular formula is C15H18BrN3. The van der Waals surface area contributed by atoms with E-state index in [4.69, 9.17) is 0 Å². The van der Waals surface area contributed by atoms with E-state index >= 15 is 0 Å². The van der Waals surface area contributed by atoms with Gasteiger partial charge in [-0.15, -0.1) is 0 Å². The summed E-state index contributed by atoms with van der Waals surface area (Å²) in [6.07, 6.45) is 5.69. The van der Waals surface area contributed by atoms with Gasteiger partial charge in [-0.25, -0.2) is 4.98 Å². The highest BCUT2D eigenvalue weighted by Crippen LogP contribution is 2.27. The molecule has 2 N–H and O–H groups in total. The molecule has 0 amide bonds. The number of benzene rings is 1. The monoisotopic (exact) mass is 319 g/mol. The molecule has 3 nitrogen and oxygen atoms in total. The van der Waals surface area contributed by atoms with Crippen LogP contribution in [0.5, 0.6) is 0 Å². The van der Waals surface area contributed by atoms with Crippen LogP contribution in [0.3, 0.4) is 0 Å². The molecule has 1 aromatic carbocycles. The van der Waals surface area contributed by atoms with Gasteiger partial charge in [0.25, 0.3) is 0 Å². The summed E-state index contributed by atoms with van der Waals surface area (Å²) in [6.45, 7) is 2.05. The zero-order valence-corrected chi connectivity index (χ0v) is 12.4. The molecule has 1 aliphatic rings. The smallest absolute Gasteiger partial charge is 0.133 e. The Balaban J connectivity index is 1.61. The van der Waals surface area contributed by atoms with Crippen molar-refractivity contribution in [2.75, 3.05) is 18.4 Å². The molecule has 100 valence electrons. The molecule has 0 saturated heterocycles. The average molecular weight is 320 g/mol. The lowest BCUT2D eigenvalue weighted by Crippen LogP contribution is -2.20. The van der Waals surface area contributed by atoms with Crippen LogP contribution in [0.15, 0.2) is 34.9 Å². The fourth-order valence-electron chi connectivity index (χ4n) is 2.20. The molecule has 2 aromatic rings. The van der Waals surface area contributed by atoms with Crippen molar-refractivity contribution in [1.29, 1.82) is 0 Å². The number of hydrogen-bond acceptors (Lipinski definition) is 3. The highest BCUT2D eigenvalue weighted by molar-refractivity contribution is 9.10.